The summed E-state index contributed by atoms with van der Waals surface area (Å²) in [5, 5.41) is 10.1. The van der Waals surface area contributed by atoms with E-state index in [-0.39, 0.29) is 29.0 Å². The number of amides is 1. The summed E-state index contributed by atoms with van der Waals surface area (Å²) in [5.41, 5.74) is -0.693. The van der Waals surface area contributed by atoms with Gasteiger partial charge in [-0.2, -0.15) is 0 Å². The molecule has 1 amide bonds. The Bertz CT molecular complexity index is 640. The van der Waals surface area contributed by atoms with Crippen LogP contribution in [0.5, 0.6) is 0 Å². The number of anilines is 1. The van der Waals surface area contributed by atoms with Gasteiger partial charge in [-0.1, -0.05) is 23.4 Å². The van der Waals surface area contributed by atoms with E-state index < -0.39 is 27.4 Å². The molecule has 1 saturated heterocycles. The third-order valence-electron chi connectivity index (χ3n) is 2.94. The fourth-order valence-corrected chi connectivity index (χ4v) is 3.32. The summed E-state index contributed by atoms with van der Waals surface area (Å²) in [7, 11) is 0. The lowest BCUT2D eigenvalue weighted by atomic mass is 10.2. The van der Waals surface area contributed by atoms with Crippen molar-refractivity contribution in [2.45, 2.75) is 18.6 Å². The molecule has 112 valence electrons. The largest absolute Gasteiger partial charge is 0.304 e. The Labute approximate surface area is 128 Å². The SMILES string of the molecule is CC(=O)SC1CC(=O)N(c2c([N+](=O)[O-])ccc(F)c2Cl)C1. The molecule has 0 spiro atoms. The average Bonchev–Trinajstić information content (AvgIpc) is 2.71. The van der Waals surface area contributed by atoms with Crippen molar-refractivity contribution in [3.05, 3.63) is 33.1 Å². The van der Waals surface area contributed by atoms with Crippen molar-refractivity contribution in [2.75, 3.05) is 11.4 Å². The van der Waals surface area contributed by atoms with Gasteiger partial charge in [0, 0.05) is 31.2 Å². The van der Waals surface area contributed by atoms with Gasteiger partial charge in [0.1, 0.15) is 16.5 Å². The minimum atomic E-state index is -0.840. The number of benzene rings is 1. The maximum Gasteiger partial charge on any atom is 0.294 e. The standard InChI is InChI=1S/C12H10ClFN2O4S/c1-6(17)21-7-4-10(18)15(5-7)12-9(16(19)20)3-2-8(14)11(12)13/h2-3,7H,4-5H2,1H3. The first-order valence-electron chi connectivity index (χ1n) is 5.91. The lowest BCUT2D eigenvalue weighted by Crippen LogP contribution is -2.26. The zero-order valence-corrected chi connectivity index (χ0v) is 12.4. The quantitative estimate of drug-likeness (QED) is 0.628. The molecule has 0 aromatic heterocycles. The highest BCUT2D eigenvalue weighted by atomic mass is 35.5. The molecule has 1 atom stereocenters. The molecule has 1 aromatic rings. The van der Waals surface area contributed by atoms with Gasteiger partial charge in [-0.05, 0) is 6.07 Å². The molecule has 21 heavy (non-hydrogen) atoms. The number of nitrogens with zero attached hydrogens (tertiary/aromatic N) is 2. The van der Waals surface area contributed by atoms with E-state index in [2.05, 4.69) is 0 Å². The highest BCUT2D eigenvalue weighted by Gasteiger charge is 2.37. The van der Waals surface area contributed by atoms with Crippen LogP contribution >= 0.6 is 23.4 Å². The normalized spacial score (nSPS) is 18.1. The summed E-state index contributed by atoms with van der Waals surface area (Å²) in [5.74, 6) is -1.27. The van der Waals surface area contributed by atoms with Crippen molar-refractivity contribution in [3.63, 3.8) is 0 Å². The first-order valence-corrected chi connectivity index (χ1v) is 7.17. The minimum Gasteiger partial charge on any atom is -0.304 e. The summed E-state index contributed by atoms with van der Waals surface area (Å²) in [6.07, 6.45) is 0.0498. The fourth-order valence-electron chi connectivity index (χ4n) is 2.14. The molecule has 0 aliphatic carbocycles. The van der Waals surface area contributed by atoms with Crippen LogP contribution in [0.3, 0.4) is 0 Å². The van der Waals surface area contributed by atoms with Gasteiger partial charge in [0.25, 0.3) is 5.69 Å². The van der Waals surface area contributed by atoms with Crippen LogP contribution in [0.25, 0.3) is 0 Å². The van der Waals surface area contributed by atoms with E-state index in [9.17, 15) is 24.1 Å². The Kier molecular flexibility index (Phi) is 4.48. The first-order chi connectivity index (χ1) is 9.81. The summed E-state index contributed by atoms with van der Waals surface area (Å²) >= 11 is 6.77. The predicted octanol–water partition coefficient (Wildman–Crippen LogP) is 2.77. The van der Waals surface area contributed by atoms with E-state index in [0.29, 0.717) is 0 Å². The van der Waals surface area contributed by atoms with Gasteiger partial charge in [0.15, 0.2) is 5.12 Å². The number of nitro groups is 1. The average molecular weight is 333 g/mol. The van der Waals surface area contributed by atoms with Crippen molar-refractivity contribution < 1.29 is 18.9 Å². The zero-order chi connectivity index (χ0) is 15.7. The van der Waals surface area contributed by atoms with Crippen LogP contribution < -0.4 is 4.90 Å². The van der Waals surface area contributed by atoms with E-state index >= 15 is 0 Å². The van der Waals surface area contributed by atoms with E-state index in [1.165, 1.54) is 6.92 Å². The molecule has 0 bridgehead atoms. The second kappa shape index (κ2) is 5.98. The fraction of sp³-hybridized carbons (Fsp3) is 0.333. The lowest BCUT2D eigenvalue weighted by Gasteiger charge is -2.18. The summed E-state index contributed by atoms with van der Waals surface area (Å²) in [4.78, 5) is 34.5. The van der Waals surface area contributed by atoms with Gasteiger partial charge in [-0.15, -0.1) is 0 Å². The molecule has 6 nitrogen and oxygen atoms in total. The smallest absolute Gasteiger partial charge is 0.294 e. The Balaban J connectivity index is 2.42. The second-order valence-electron chi connectivity index (χ2n) is 4.43. The Morgan fingerprint density at radius 3 is 2.81 bits per heavy atom. The molecule has 1 unspecified atom stereocenters. The molecule has 0 radical (unpaired) electrons. The van der Waals surface area contributed by atoms with Crippen molar-refractivity contribution >= 4 is 45.8 Å². The number of nitro benzene ring substituents is 1. The van der Waals surface area contributed by atoms with Crippen molar-refractivity contribution in [2.24, 2.45) is 0 Å². The van der Waals surface area contributed by atoms with Gasteiger partial charge in [0.05, 0.1) is 4.92 Å². The van der Waals surface area contributed by atoms with Crippen LogP contribution in [-0.4, -0.2) is 27.7 Å². The first kappa shape index (κ1) is 15.7. The number of rotatable bonds is 3. The molecule has 0 N–H and O–H groups in total. The number of halogens is 2. The van der Waals surface area contributed by atoms with Crippen molar-refractivity contribution in [3.8, 4) is 0 Å². The molecule has 1 aliphatic heterocycles. The predicted molar refractivity (Wildman–Crippen MR) is 77.1 cm³/mol. The molecule has 1 aliphatic rings. The summed E-state index contributed by atoms with van der Waals surface area (Å²) in [6, 6.07) is 1.85. The van der Waals surface area contributed by atoms with Crippen molar-refractivity contribution in [1.82, 2.24) is 0 Å². The second-order valence-corrected chi connectivity index (χ2v) is 6.28. The van der Waals surface area contributed by atoms with Gasteiger partial charge in [-0.25, -0.2) is 4.39 Å². The van der Waals surface area contributed by atoms with Crippen LogP contribution in [-0.2, 0) is 9.59 Å². The van der Waals surface area contributed by atoms with Gasteiger partial charge < -0.3 is 4.90 Å². The van der Waals surface area contributed by atoms with Gasteiger partial charge >= 0.3 is 0 Å². The number of hydrogen-bond donors (Lipinski definition) is 0. The molecule has 1 aromatic carbocycles. The Morgan fingerprint density at radius 2 is 2.24 bits per heavy atom. The Morgan fingerprint density at radius 1 is 1.57 bits per heavy atom. The zero-order valence-electron chi connectivity index (χ0n) is 10.8. The number of carbonyl (C=O) groups is 2. The van der Waals surface area contributed by atoms with E-state index in [1.807, 2.05) is 0 Å². The maximum absolute atomic E-state index is 13.6. The Hall–Kier alpha value is -1.67. The molecule has 9 heteroatoms. The summed E-state index contributed by atoms with van der Waals surface area (Å²) < 4.78 is 13.6. The summed E-state index contributed by atoms with van der Waals surface area (Å²) in [6.45, 7) is 1.45. The van der Waals surface area contributed by atoms with Crippen LogP contribution in [0.4, 0.5) is 15.8 Å². The highest BCUT2D eigenvalue weighted by Crippen LogP contribution is 2.40. The van der Waals surface area contributed by atoms with E-state index in [1.54, 1.807) is 0 Å². The molecule has 1 fully saturated rings. The number of hydrogen-bond acceptors (Lipinski definition) is 5. The van der Waals surface area contributed by atoms with E-state index in [0.717, 1.165) is 28.8 Å². The number of carbonyl (C=O) groups excluding carboxylic acids is 2. The monoisotopic (exact) mass is 332 g/mol. The molecule has 2 rings (SSSR count). The van der Waals surface area contributed by atoms with Gasteiger partial charge in [-0.3, -0.25) is 19.7 Å². The lowest BCUT2D eigenvalue weighted by molar-refractivity contribution is -0.384. The maximum atomic E-state index is 13.6. The third-order valence-corrected chi connectivity index (χ3v) is 4.28. The molecule has 1 heterocycles. The topological polar surface area (TPSA) is 80.5 Å². The molecular formula is C12H10ClFN2O4S. The van der Waals surface area contributed by atoms with Crippen molar-refractivity contribution in [1.29, 1.82) is 0 Å². The third kappa shape index (κ3) is 3.16. The van der Waals surface area contributed by atoms with Crippen LogP contribution in [0.2, 0.25) is 5.02 Å². The highest BCUT2D eigenvalue weighted by molar-refractivity contribution is 8.14. The van der Waals surface area contributed by atoms with Crippen LogP contribution in [0.15, 0.2) is 12.1 Å². The minimum absolute atomic E-state index is 0.0498. The van der Waals surface area contributed by atoms with Crippen LogP contribution in [0.1, 0.15) is 13.3 Å². The van der Waals surface area contributed by atoms with Gasteiger partial charge in [0.2, 0.25) is 5.91 Å². The molecule has 0 saturated carbocycles. The van der Waals surface area contributed by atoms with Crippen LogP contribution in [0, 0.1) is 15.9 Å². The number of thioether (sulfide) groups is 1. The van der Waals surface area contributed by atoms with E-state index in [4.69, 9.17) is 11.6 Å². The molecular weight excluding hydrogens is 323 g/mol.